The number of benzene rings is 2. The fraction of sp³-hybridized carbons (Fsp3) is 0.0526. The smallest absolute Gasteiger partial charge is 0.256 e. The van der Waals surface area contributed by atoms with Crippen molar-refractivity contribution < 1.29 is 9.90 Å². The Bertz CT molecular complexity index is 1070. The van der Waals surface area contributed by atoms with Gasteiger partial charge in [-0.3, -0.25) is 9.78 Å². The number of carbonyl (C=O) groups is 1. The molecule has 1 amide bonds. The molecule has 1 aliphatic heterocycles. The Morgan fingerprint density at radius 2 is 1.84 bits per heavy atom. The van der Waals surface area contributed by atoms with Crippen molar-refractivity contribution in [2.45, 2.75) is 6.92 Å². The van der Waals surface area contributed by atoms with Crippen molar-refractivity contribution in [1.29, 1.82) is 0 Å². The standard InChI is InChI=1S/C19H12Br2N2O2/c1-9-2-3-11-15(22-9)4-5-16-17(11)12(19(25)23-16)6-10-7-13(20)18(24)14(21)8-10/h2-8,24H,1H3,(H,23,25)/b12-6+. The summed E-state index contributed by atoms with van der Waals surface area (Å²) in [7, 11) is 0. The fourth-order valence-electron chi connectivity index (χ4n) is 2.98. The normalized spacial score (nSPS) is 14.8. The Balaban J connectivity index is 1.95. The average Bonchev–Trinajstić information content (AvgIpc) is 2.88. The molecule has 0 saturated carbocycles. The third kappa shape index (κ3) is 2.75. The molecule has 25 heavy (non-hydrogen) atoms. The zero-order valence-corrected chi connectivity index (χ0v) is 16.3. The van der Waals surface area contributed by atoms with Crippen molar-refractivity contribution in [3.63, 3.8) is 0 Å². The van der Waals surface area contributed by atoms with E-state index in [0.717, 1.165) is 33.4 Å². The van der Waals surface area contributed by atoms with Crippen LogP contribution in [0.3, 0.4) is 0 Å². The minimum Gasteiger partial charge on any atom is -0.506 e. The highest BCUT2D eigenvalue weighted by Crippen LogP contribution is 2.40. The molecule has 0 saturated heterocycles. The van der Waals surface area contributed by atoms with E-state index in [4.69, 9.17) is 0 Å². The van der Waals surface area contributed by atoms with Crippen molar-refractivity contribution in [2.24, 2.45) is 0 Å². The third-order valence-corrected chi connectivity index (χ3v) is 5.33. The number of rotatable bonds is 1. The summed E-state index contributed by atoms with van der Waals surface area (Å²) in [5.41, 5.74) is 4.81. The van der Waals surface area contributed by atoms with Gasteiger partial charge in [-0.05, 0) is 80.8 Å². The summed E-state index contributed by atoms with van der Waals surface area (Å²) < 4.78 is 1.12. The van der Waals surface area contributed by atoms with Crippen LogP contribution < -0.4 is 5.32 Å². The molecular formula is C19H12Br2N2O2. The van der Waals surface area contributed by atoms with Gasteiger partial charge in [-0.1, -0.05) is 6.07 Å². The van der Waals surface area contributed by atoms with Crippen LogP contribution in [0.4, 0.5) is 5.69 Å². The number of aryl methyl sites for hydroxylation is 1. The summed E-state index contributed by atoms with van der Waals surface area (Å²) in [5.74, 6) is -0.0213. The summed E-state index contributed by atoms with van der Waals surface area (Å²) in [4.78, 5) is 17.1. The van der Waals surface area contributed by atoms with Crippen LogP contribution in [0.15, 0.2) is 45.3 Å². The molecule has 1 aromatic heterocycles. The fourth-order valence-corrected chi connectivity index (χ4v) is 4.20. The summed E-state index contributed by atoms with van der Waals surface area (Å²) in [5, 5.41) is 13.7. The summed E-state index contributed by atoms with van der Waals surface area (Å²) in [6, 6.07) is 11.3. The molecule has 0 unspecified atom stereocenters. The monoisotopic (exact) mass is 458 g/mol. The van der Waals surface area contributed by atoms with Crippen molar-refractivity contribution >= 4 is 66.0 Å². The second-order valence-electron chi connectivity index (χ2n) is 5.85. The van der Waals surface area contributed by atoms with Gasteiger partial charge in [-0.25, -0.2) is 0 Å². The van der Waals surface area contributed by atoms with E-state index in [0.29, 0.717) is 14.5 Å². The first-order valence-corrected chi connectivity index (χ1v) is 9.14. The number of amides is 1. The van der Waals surface area contributed by atoms with Crippen molar-refractivity contribution in [3.05, 3.63) is 62.2 Å². The minimum atomic E-state index is -0.150. The molecule has 0 atom stereocenters. The van der Waals surface area contributed by atoms with Crippen molar-refractivity contribution in [2.75, 3.05) is 5.32 Å². The van der Waals surface area contributed by atoms with E-state index < -0.39 is 0 Å². The zero-order valence-electron chi connectivity index (χ0n) is 13.1. The lowest BCUT2D eigenvalue weighted by Gasteiger charge is -2.06. The number of hydrogen-bond donors (Lipinski definition) is 2. The highest BCUT2D eigenvalue weighted by atomic mass is 79.9. The number of nitrogens with one attached hydrogen (secondary N) is 1. The van der Waals surface area contributed by atoms with Crippen LogP contribution in [0.2, 0.25) is 0 Å². The molecule has 2 heterocycles. The first-order chi connectivity index (χ1) is 11.9. The lowest BCUT2D eigenvalue weighted by molar-refractivity contribution is -0.110. The molecule has 4 rings (SSSR count). The van der Waals surface area contributed by atoms with Crippen LogP contribution in [-0.4, -0.2) is 16.0 Å². The minimum absolute atomic E-state index is 0.128. The highest BCUT2D eigenvalue weighted by molar-refractivity contribution is 9.11. The summed E-state index contributed by atoms with van der Waals surface area (Å²) >= 11 is 6.64. The molecule has 0 aliphatic carbocycles. The first-order valence-electron chi connectivity index (χ1n) is 7.56. The van der Waals surface area contributed by atoms with Gasteiger partial charge < -0.3 is 10.4 Å². The van der Waals surface area contributed by atoms with Crippen LogP contribution in [0.5, 0.6) is 5.75 Å². The first kappa shape index (κ1) is 16.3. The number of halogens is 2. The van der Waals surface area contributed by atoms with Gasteiger partial charge in [0.2, 0.25) is 0 Å². The topological polar surface area (TPSA) is 62.2 Å². The molecule has 0 bridgehead atoms. The van der Waals surface area contributed by atoms with Gasteiger partial charge in [0.15, 0.2) is 0 Å². The van der Waals surface area contributed by atoms with E-state index in [1.54, 1.807) is 12.1 Å². The predicted octanol–water partition coefficient (Wildman–Crippen LogP) is 5.27. The van der Waals surface area contributed by atoms with Gasteiger partial charge in [0.05, 0.1) is 20.0 Å². The Morgan fingerprint density at radius 3 is 2.56 bits per heavy atom. The predicted molar refractivity (Wildman–Crippen MR) is 106 cm³/mol. The second kappa shape index (κ2) is 5.97. The third-order valence-electron chi connectivity index (χ3n) is 4.12. The molecule has 6 heteroatoms. The number of phenols is 1. The Morgan fingerprint density at radius 1 is 1.12 bits per heavy atom. The van der Waals surface area contributed by atoms with Crippen LogP contribution in [0, 0.1) is 6.92 Å². The number of nitrogens with zero attached hydrogens (tertiary/aromatic N) is 1. The molecule has 2 aromatic carbocycles. The number of hydrogen-bond acceptors (Lipinski definition) is 3. The van der Waals surface area contributed by atoms with Crippen molar-refractivity contribution in [1.82, 2.24) is 4.98 Å². The van der Waals surface area contributed by atoms with Gasteiger partial charge in [0, 0.05) is 22.3 Å². The Kier molecular flexibility index (Phi) is 3.89. The van der Waals surface area contributed by atoms with E-state index in [-0.39, 0.29) is 11.7 Å². The van der Waals surface area contributed by atoms with E-state index in [9.17, 15) is 9.90 Å². The number of carbonyl (C=O) groups excluding carboxylic acids is 1. The lowest BCUT2D eigenvalue weighted by Crippen LogP contribution is -2.03. The van der Waals surface area contributed by atoms with Crippen LogP contribution in [0.1, 0.15) is 16.8 Å². The maximum absolute atomic E-state index is 12.5. The van der Waals surface area contributed by atoms with Crippen LogP contribution in [-0.2, 0) is 4.79 Å². The molecule has 0 fully saturated rings. The maximum atomic E-state index is 12.5. The molecular weight excluding hydrogens is 448 g/mol. The van der Waals surface area contributed by atoms with Crippen LogP contribution in [0.25, 0.3) is 22.6 Å². The van der Waals surface area contributed by atoms with E-state index in [1.165, 1.54) is 0 Å². The largest absolute Gasteiger partial charge is 0.506 e. The van der Waals surface area contributed by atoms with Crippen molar-refractivity contribution in [3.8, 4) is 5.75 Å². The molecule has 2 N–H and O–H groups in total. The maximum Gasteiger partial charge on any atom is 0.256 e. The van der Waals surface area contributed by atoms with E-state index >= 15 is 0 Å². The molecule has 1 aliphatic rings. The van der Waals surface area contributed by atoms with Crippen LogP contribution >= 0.6 is 31.9 Å². The molecule has 0 radical (unpaired) electrons. The van der Waals surface area contributed by atoms with E-state index in [1.807, 2.05) is 37.3 Å². The molecule has 124 valence electrons. The SMILES string of the molecule is Cc1ccc2c3c(ccc2n1)NC(=O)/C3=C/c1cc(Br)c(O)c(Br)c1. The number of aromatic hydroxyl groups is 1. The highest BCUT2D eigenvalue weighted by Gasteiger charge is 2.26. The quantitative estimate of drug-likeness (QED) is 0.487. The number of pyridine rings is 1. The lowest BCUT2D eigenvalue weighted by atomic mass is 9.99. The van der Waals surface area contributed by atoms with Gasteiger partial charge in [-0.2, -0.15) is 0 Å². The van der Waals surface area contributed by atoms with E-state index in [2.05, 4.69) is 42.2 Å². The molecule has 3 aromatic rings. The molecule has 4 nitrogen and oxygen atoms in total. The number of phenolic OH excluding ortho intramolecular Hbond substituents is 1. The Labute approximate surface area is 160 Å². The number of anilines is 1. The van der Waals surface area contributed by atoms with Gasteiger partial charge in [0.1, 0.15) is 5.75 Å². The zero-order chi connectivity index (χ0) is 17.7. The van der Waals surface area contributed by atoms with Gasteiger partial charge in [-0.15, -0.1) is 0 Å². The second-order valence-corrected chi connectivity index (χ2v) is 7.56. The number of aromatic nitrogens is 1. The summed E-state index contributed by atoms with van der Waals surface area (Å²) in [6.45, 7) is 1.94. The average molecular weight is 460 g/mol. The molecule has 0 spiro atoms. The Hall–Kier alpha value is -2.18. The summed E-state index contributed by atoms with van der Waals surface area (Å²) in [6.07, 6.45) is 1.81. The number of fused-ring (bicyclic) bond motifs is 3. The van der Waals surface area contributed by atoms with Gasteiger partial charge in [0.25, 0.3) is 5.91 Å². The van der Waals surface area contributed by atoms with Gasteiger partial charge >= 0.3 is 0 Å².